The molecule has 0 aliphatic heterocycles. The maximum atomic E-state index is 10.5. The van der Waals surface area contributed by atoms with Crippen molar-refractivity contribution in [3.63, 3.8) is 0 Å². The van der Waals surface area contributed by atoms with Crippen LogP contribution in [0.1, 0.15) is 43.6 Å². The van der Waals surface area contributed by atoms with Gasteiger partial charge in [-0.25, -0.2) is 9.97 Å². The summed E-state index contributed by atoms with van der Waals surface area (Å²) in [5.41, 5.74) is 1.21. The number of carboxylic acids is 1. The Labute approximate surface area is 107 Å². The monoisotopic (exact) mass is 249 g/mol. The highest BCUT2D eigenvalue weighted by Crippen LogP contribution is 2.33. The summed E-state index contributed by atoms with van der Waals surface area (Å²) < 4.78 is 0. The molecule has 1 aliphatic rings. The fourth-order valence-corrected chi connectivity index (χ4v) is 2.36. The van der Waals surface area contributed by atoms with E-state index in [-0.39, 0.29) is 6.42 Å². The first kappa shape index (κ1) is 12.8. The van der Waals surface area contributed by atoms with Gasteiger partial charge in [-0.3, -0.25) is 4.79 Å². The van der Waals surface area contributed by atoms with E-state index < -0.39 is 5.97 Å². The number of hydrogen-bond donors (Lipinski definition) is 1. The van der Waals surface area contributed by atoms with Gasteiger partial charge in [0, 0.05) is 26.0 Å². The van der Waals surface area contributed by atoms with Crippen LogP contribution in [0.25, 0.3) is 0 Å². The van der Waals surface area contributed by atoms with Crippen LogP contribution in [0.4, 0.5) is 5.95 Å². The smallest absolute Gasteiger partial charge is 0.305 e. The number of carboxylic acid groups (broad SMARTS) is 1. The summed E-state index contributed by atoms with van der Waals surface area (Å²) in [6.45, 7) is 0.429. The molecule has 2 rings (SSSR count). The Morgan fingerprint density at radius 3 is 2.56 bits per heavy atom. The molecule has 1 heterocycles. The Bertz CT molecular complexity index is 399. The molecule has 5 heteroatoms. The lowest BCUT2D eigenvalue weighted by Crippen LogP contribution is -2.23. The van der Waals surface area contributed by atoms with Crippen molar-refractivity contribution in [1.29, 1.82) is 0 Å². The van der Waals surface area contributed by atoms with Gasteiger partial charge in [-0.15, -0.1) is 0 Å². The van der Waals surface area contributed by atoms with Gasteiger partial charge >= 0.3 is 5.97 Å². The fraction of sp³-hybridized carbons (Fsp3) is 0.615. The molecule has 1 fully saturated rings. The predicted octanol–water partition coefficient (Wildman–Crippen LogP) is 2.05. The maximum Gasteiger partial charge on any atom is 0.305 e. The van der Waals surface area contributed by atoms with Crippen molar-refractivity contribution in [3.05, 3.63) is 18.0 Å². The average molecular weight is 249 g/mol. The lowest BCUT2D eigenvalue weighted by Gasteiger charge is -2.16. The van der Waals surface area contributed by atoms with Crippen molar-refractivity contribution < 1.29 is 9.90 Å². The van der Waals surface area contributed by atoms with E-state index in [1.807, 2.05) is 19.4 Å². The summed E-state index contributed by atoms with van der Waals surface area (Å²) in [7, 11) is 1.81. The van der Waals surface area contributed by atoms with Crippen LogP contribution in [0, 0.1) is 0 Å². The van der Waals surface area contributed by atoms with Crippen molar-refractivity contribution in [2.45, 2.75) is 38.0 Å². The predicted molar refractivity (Wildman–Crippen MR) is 68.8 cm³/mol. The minimum absolute atomic E-state index is 0.101. The highest BCUT2D eigenvalue weighted by atomic mass is 16.4. The quantitative estimate of drug-likeness (QED) is 0.865. The third-order valence-electron chi connectivity index (χ3n) is 3.49. The molecule has 0 saturated heterocycles. The second-order valence-electron chi connectivity index (χ2n) is 4.86. The van der Waals surface area contributed by atoms with Crippen molar-refractivity contribution in [2.24, 2.45) is 0 Å². The van der Waals surface area contributed by atoms with E-state index in [1.165, 1.54) is 31.2 Å². The summed E-state index contributed by atoms with van der Waals surface area (Å²) in [6, 6.07) is 0. The van der Waals surface area contributed by atoms with Gasteiger partial charge in [0.2, 0.25) is 5.95 Å². The zero-order valence-electron chi connectivity index (χ0n) is 10.7. The van der Waals surface area contributed by atoms with Crippen LogP contribution < -0.4 is 4.90 Å². The van der Waals surface area contributed by atoms with Gasteiger partial charge in [0.05, 0.1) is 6.42 Å². The minimum atomic E-state index is -0.801. The maximum absolute atomic E-state index is 10.5. The van der Waals surface area contributed by atoms with Crippen molar-refractivity contribution in [1.82, 2.24) is 9.97 Å². The standard InChI is InChI=1S/C13H19N3O2/c1-16(7-6-12(17)18)13-14-8-11(9-15-13)10-4-2-3-5-10/h8-10H,2-7H2,1H3,(H,17,18). The summed E-state index contributed by atoms with van der Waals surface area (Å²) in [5.74, 6) is 0.408. The molecule has 5 nitrogen and oxygen atoms in total. The van der Waals surface area contributed by atoms with Crippen LogP contribution in [0.2, 0.25) is 0 Å². The summed E-state index contributed by atoms with van der Waals surface area (Å²) in [4.78, 5) is 20.9. The molecule has 1 aromatic heterocycles. The van der Waals surface area contributed by atoms with Crippen LogP contribution >= 0.6 is 0 Å². The molecule has 0 amide bonds. The Kier molecular flexibility index (Phi) is 4.12. The Balaban J connectivity index is 1.95. The van der Waals surface area contributed by atoms with Gasteiger partial charge in [0.15, 0.2) is 0 Å². The van der Waals surface area contributed by atoms with Crippen LogP contribution in [-0.4, -0.2) is 34.6 Å². The number of anilines is 1. The molecule has 1 saturated carbocycles. The fourth-order valence-electron chi connectivity index (χ4n) is 2.36. The van der Waals surface area contributed by atoms with E-state index in [4.69, 9.17) is 5.11 Å². The molecule has 1 aliphatic carbocycles. The van der Waals surface area contributed by atoms with E-state index in [2.05, 4.69) is 9.97 Å². The number of carbonyl (C=O) groups is 1. The van der Waals surface area contributed by atoms with Crippen molar-refractivity contribution >= 4 is 11.9 Å². The largest absolute Gasteiger partial charge is 0.481 e. The Morgan fingerprint density at radius 1 is 1.39 bits per heavy atom. The van der Waals surface area contributed by atoms with Crippen LogP contribution in [0.3, 0.4) is 0 Å². The molecular formula is C13H19N3O2. The highest BCUT2D eigenvalue weighted by molar-refractivity contribution is 5.67. The SMILES string of the molecule is CN(CCC(=O)O)c1ncc(C2CCCC2)cn1. The lowest BCUT2D eigenvalue weighted by molar-refractivity contribution is -0.136. The first-order valence-corrected chi connectivity index (χ1v) is 6.41. The highest BCUT2D eigenvalue weighted by Gasteiger charge is 2.18. The topological polar surface area (TPSA) is 66.3 Å². The van der Waals surface area contributed by atoms with Crippen molar-refractivity contribution in [2.75, 3.05) is 18.5 Å². The lowest BCUT2D eigenvalue weighted by atomic mass is 10.0. The van der Waals surface area contributed by atoms with Crippen LogP contribution in [0.5, 0.6) is 0 Å². The second kappa shape index (κ2) is 5.80. The molecule has 1 N–H and O–H groups in total. The van der Waals surface area contributed by atoms with Gasteiger partial charge in [0.1, 0.15) is 0 Å². The first-order chi connectivity index (χ1) is 8.66. The van der Waals surface area contributed by atoms with Crippen molar-refractivity contribution in [3.8, 4) is 0 Å². The number of aromatic nitrogens is 2. The van der Waals surface area contributed by atoms with Gasteiger partial charge in [0.25, 0.3) is 0 Å². The third-order valence-corrected chi connectivity index (χ3v) is 3.49. The number of nitrogens with zero attached hydrogens (tertiary/aromatic N) is 3. The summed E-state index contributed by atoms with van der Waals surface area (Å²) in [5, 5.41) is 8.63. The zero-order chi connectivity index (χ0) is 13.0. The molecule has 18 heavy (non-hydrogen) atoms. The second-order valence-corrected chi connectivity index (χ2v) is 4.86. The molecular weight excluding hydrogens is 230 g/mol. The molecule has 0 radical (unpaired) electrons. The molecule has 0 atom stereocenters. The van der Waals surface area contributed by atoms with E-state index >= 15 is 0 Å². The Morgan fingerprint density at radius 2 is 2.00 bits per heavy atom. The molecule has 0 spiro atoms. The van der Waals surface area contributed by atoms with Crippen LogP contribution in [0.15, 0.2) is 12.4 Å². The van der Waals surface area contributed by atoms with Gasteiger partial charge in [-0.05, 0) is 24.3 Å². The van der Waals surface area contributed by atoms with Gasteiger partial charge in [-0.2, -0.15) is 0 Å². The third kappa shape index (κ3) is 3.18. The normalized spacial score (nSPS) is 15.8. The summed E-state index contributed by atoms with van der Waals surface area (Å²) in [6.07, 6.45) is 8.93. The summed E-state index contributed by atoms with van der Waals surface area (Å²) >= 11 is 0. The molecule has 1 aromatic rings. The van der Waals surface area contributed by atoms with E-state index in [0.29, 0.717) is 18.4 Å². The van der Waals surface area contributed by atoms with E-state index in [0.717, 1.165) is 0 Å². The van der Waals surface area contributed by atoms with Crippen LogP contribution in [-0.2, 0) is 4.79 Å². The Hall–Kier alpha value is -1.65. The first-order valence-electron chi connectivity index (χ1n) is 6.41. The average Bonchev–Trinajstić information content (AvgIpc) is 2.90. The van der Waals surface area contributed by atoms with E-state index in [9.17, 15) is 4.79 Å². The number of rotatable bonds is 5. The van der Waals surface area contributed by atoms with Gasteiger partial charge < -0.3 is 10.0 Å². The molecule has 0 aromatic carbocycles. The zero-order valence-corrected chi connectivity index (χ0v) is 10.7. The van der Waals surface area contributed by atoms with Gasteiger partial charge in [-0.1, -0.05) is 12.8 Å². The molecule has 0 unspecified atom stereocenters. The number of aliphatic carboxylic acids is 1. The minimum Gasteiger partial charge on any atom is -0.481 e. The molecule has 98 valence electrons. The molecule has 0 bridgehead atoms. The van der Waals surface area contributed by atoms with E-state index in [1.54, 1.807) is 4.90 Å². The number of hydrogen-bond acceptors (Lipinski definition) is 4.